The summed E-state index contributed by atoms with van der Waals surface area (Å²) in [5, 5.41) is 7.16. The first-order valence-electron chi connectivity index (χ1n) is 17.1. The first kappa shape index (κ1) is 28.6. The molecule has 0 bridgehead atoms. The molecule has 5 nitrogen and oxygen atoms in total. The molecule has 2 aromatic heterocycles. The first-order valence-corrected chi connectivity index (χ1v) is 17.1. The second kappa shape index (κ2) is 11.6. The van der Waals surface area contributed by atoms with Gasteiger partial charge in [-0.3, -0.25) is 10.0 Å². The molecule has 1 unspecified atom stereocenters. The third kappa shape index (κ3) is 4.71. The number of nitrogens with zero attached hydrogens (tertiary/aromatic N) is 4. The smallest absolute Gasteiger partial charge is 0.147 e. The highest BCUT2D eigenvalue weighted by Gasteiger charge is 2.38. The van der Waals surface area contributed by atoms with E-state index in [2.05, 4.69) is 189 Å². The Bertz CT molecular complexity index is 2670. The van der Waals surface area contributed by atoms with Gasteiger partial charge in [0.1, 0.15) is 12.0 Å². The van der Waals surface area contributed by atoms with Crippen molar-refractivity contribution in [2.24, 2.45) is 4.99 Å². The summed E-state index contributed by atoms with van der Waals surface area (Å²) >= 11 is 0. The van der Waals surface area contributed by atoms with E-state index >= 15 is 0 Å². The minimum absolute atomic E-state index is 0.0851. The van der Waals surface area contributed by atoms with Gasteiger partial charge >= 0.3 is 0 Å². The number of amidine groups is 1. The molecule has 3 heterocycles. The normalized spacial score (nSPS) is 14.7. The molecular weight excluding hydrogens is 611 g/mol. The highest BCUT2D eigenvalue weighted by Crippen LogP contribution is 2.37. The van der Waals surface area contributed by atoms with E-state index in [1.165, 1.54) is 54.7 Å². The van der Waals surface area contributed by atoms with Crippen LogP contribution in [0.1, 0.15) is 22.9 Å². The van der Waals surface area contributed by atoms with Crippen molar-refractivity contribution < 1.29 is 0 Å². The van der Waals surface area contributed by atoms with E-state index in [4.69, 9.17) is 4.99 Å². The van der Waals surface area contributed by atoms with Crippen molar-refractivity contribution >= 4 is 49.4 Å². The van der Waals surface area contributed by atoms with Gasteiger partial charge in [0, 0.05) is 38.5 Å². The molecule has 0 amide bonds. The topological polar surface area (TPSA) is 47.2 Å². The largest absolute Gasteiger partial charge is 0.309 e. The maximum atomic E-state index is 5.21. The highest BCUT2D eigenvalue weighted by atomic mass is 15.8. The summed E-state index contributed by atoms with van der Waals surface area (Å²) in [7, 11) is 0. The monoisotopic (exact) mass is 643 g/mol. The fraction of sp³-hybridized carbons (Fsp3) is 0.0444. The number of nitrogens with one attached hydrogen (secondary N) is 1. The zero-order valence-electron chi connectivity index (χ0n) is 27.3. The van der Waals surface area contributed by atoms with Crippen molar-refractivity contribution in [3.05, 3.63) is 193 Å². The Labute approximate surface area is 289 Å². The molecule has 9 aromatic rings. The number of rotatable bonds is 6. The lowest BCUT2D eigenvalue weighted by Crippen LogP contribution is -2.16. The van der Waals surface area contributed by atoms with E-state index in [1.54, 1.807) is 0 Å². The molecule has 1 N–H and O–H groups in total. The number of para-hydroxylation sites is 3. The van der Waals surface area contributed by atoms with Crippen LogP contribution in [0.5, 0.6) is 0 Å². The van der Waals surface area contributed by atoms with Crippen LogP contribution in [0, 0.1) is 0 Å². The van der Waals surface area contributed by atoms with Crippen molar-refractivity contribution in [3.63, 3.8) is 0 Å². The summed E-state index contributed by atoms with van der Waals surface area (Å²) < 4.78 is 4.79. The second-order valence-corrected chi connectivity index (χ2v) is 12.9. The molecule has 50 heavy (non-hydrogen) atoms. The zero-order valence-corrected chi connectivity index (χ0v) is 27.3. The quantitative estimate of drug-likeness (QED) is 0.111. The summed E-state index contributed by atoms with van der Waals surface area (Å²) in [5.74, 6) is 0.930. The Kier molecular flexibility index (Phi) is 6.64. The van der Waals surface area contributed by atoms with Crippen LogP contribution in [0.25, 0.3) is 55.0 Å². The van der Waals surface area contributed by atoms with Gasteiger partial charge in [0.05, 0.1) is 28.6 Å². The number of fused-ring (bicyclic) bond motifs is 6. The fourth-order valence-corrected chi connectivity index (χ4v) is 7.56. The molecule has 10 rings (SSSR count). The van der Waals surface area contributed by atoms with Crippen LogP contribution in [0.3, 0.4) is 0 Å². The van der Waals surface area contributed by atoms with Gasteiger partial charge in [-0.05, 0) is 59.7 Å². The van der Waals surface area contributed by atoms with Gasteiger partial charge in [0.25, 0.3) is 0 Å². The second-order valence-electron chi connectivity index (χ2n) is 12.9. The predicted octanol–water partition coefficient (Wildman–Crippen LogP) is 10.3. The highest BCUT2D eigenvalue weighted by molar-refractivity contribution is 6.12. The lowest BCUT2D eigenvalue weighted by Gasteiger charge is -2.13. The average molecular weight is 644 g/mol. The maximum absolute atomic E-state index is 5.21. The summed E-state index contributed by atoms with van der Waals surface area (Å²) in [5.41, 5.74) is 14.1. The number of aromatic nitrogens is 2. The van der Waals surface area contributed by atoms with Crippen molar-refractivity contribution in [2.45, 2.75) is 12.7 Å². The SMILES string of the molecule is c1ccc(C/N=C(/c2cccc(-n3c4ccccc4c4cc(-n5c6ccccc6c6ccccc65)ccc43)c2)N2NC2c2ccccc2)cc1. The molecule has 0 aliphatic carbocycles. The number of hydrazine groups is 1. The van der Waals surface area contributed by atoms with Gasteiger partial charge in [-0.25, -0.2) is 5.43 Å². The molecule has 1 saturated heterocycles. The van der Waals surface area contributed by atoms with Crippen LogP contribution in [-0.4, -0.2) is 20.0 Å². The summed E-state index contributed by atoms with van der Waals surface area (Å²) in [6.07, 6.45) is 0.0851. The third-order valence-electron chi connectivity index (χ3n) is 9.91. The molecule has 7 aromatic carbocycles. The minimum atomic E-state index is 0.0851. The molecule has 0 radical (unpaired) electrons. The molecule has 5 heteroatoms. The summed E-state index contributed by atoms with van der Waals surface area (Å²) in [6.45, 7) is 0.598. The molecular formula is C45H33N5. The molecule has 1 atom stereocenters. The predicted molar refractivity (Wildman–Crippen MR) is 206 cm³/mol. The van der Waals surface area contributed by atoms with Gasteiger partial charge in [-0.15, -0.1) is 0 Å². The summed E-state index contributed by atoms with van der Waals surface area (Å²) in [4.78, 5) is 5.21. The van der Waals surface area contributed by atoms with Gasteiger partial charge in [-0.2, -0.15) is 0 Å². The Morgan fingerprint density at radius 1 is 0.480 bits per heavy atom. The van der Waals surface area contributed by atoms with Crippen LogP contribution in [0.15, 0.2) is 181 Å². The molecule has 1 aliphatic rings. The van der Waals surface area contributed by atoms with Crippen molar-refractivity contribution in [3.8, 4) is 11.4 Å². The van der Waals surface area contributed by atoms with E-state index in [0.29, 0.717) is 6.54 Å². The van der Waals surface area contributed by atoms with Crippen LogP contribution >= 0.6 is 0 Å². The number of hydrogen-bond donors (Lipinski definition) is 1. The molecule has 238 valence electrons. The minimum Gasteiger partial charge on any atom is -0.309 e. The van der Waals surface area contributed by atoms with E-state index in [9.17, 15) is 0 Å². The molecule has 0 saturated carbocycles. The van der Waals surface area contributed by atoms with E-state index < -0.39 is 0 Å². The molecule has 1 aliphatic heterocycles. The first-order chi connectivity index (χ1) is 24.8. The van der Waals surface area contributed by atoms with Crippen LogP contribution in [0.2, 0.25) is 0 Å². The van der Waals surface area contributed by atoms with Crippen LogP contribution in [0.4, 0.5) is 0 Å². The standard InChI is InChI=1S/C45H33N5/c1-3-14-31(15-4-1)30-46-44(50-45(47-50)32-16-5-2-6-17-32)33-18-13-19-34(28-33)48-42-25-12-9-22-38(42)39-29-35(26-27-43(39)48)49-40-23-10-7-20-36(40)37-21-8-11-24-41(37)49/h1-29,45,47H,30H2/b46-44-. The van der Waals surface area contributed by atoms with Crippen LogP contribution in [-0.2, 0) is 6.54 Å². The van der Waals surface area contributed by atoms with E-state index in [-0.39, 0.29) is 6.17 Å². The molecule has 1 fully saturated rings. The van der Waals surface area contributed by atoms with Gasteiger partial charge in [0.15, 0.2) is 0 Å². The number of aliphatic imine (C=N–C) groups is 1. The van der Waals surface area contributed by atoms with Crippen molar-refractivity contribution in [1.82, 2.24) is 19.6 Å². The third-order valence-corrected chi connectivity index (χ3v) is 9.91. The number of hydrogen-bond acceptors (Lipinski definition) is 2. The average Bonchev–Trinajstić information content (AvgIpc) is 3.80. The number of benzene rings is 7. The van der Waals surface area contributed by atoms with E-state index in [1.807, 2.05) is 6.07 Å². The van der Waals surface area contributed by atoms with Crippen molar-refractivity contribution in [2.75, 3.05) is 0 Å². The molecule has 0 spiro atoms. The Hall–Kier alpha value is -6.43. The van der Waals surface area contributed by atoms with Gasteiger partial charge in [-0.1, -0.05) is 127 Å². The lowest BCUT2D eigenvalue weighted by molar-refractivity contribution is 0.717. The fourth-order valence-electron chi connectivity index (χ4n) is 7.56. The maximum Gasteiger partial charge on any atom is 0.147 e. The summed E-state index contributed by atoms with van der Waals surface area (Å²) in [6, 6.07) is 62.8. The van der Waals surface area contributed by atoms with Crippen molar-refractivity contribution in [1.29, 1.82) is 0 Å². The Morgan fingerprint density at radius 3 is 1.68 bits per heavy atom. The van der Waals surface area contributed by atoms with E-state index in [0.717, 1.165) is 22.8 Å². The van der Waals surface area contributed by atoms with Crippen LogP contribution < -0.4 is 5.43 Å². The zero-order chi connectivity index (χ0) is 33.0. The Balaban J connectivity index is 1.11. The van der Waals surface area contributed by atoms with Gasteiger partial charge in [0.2, 0.25) is 0 Å². The Morgan fingerprint density at radius 2 is 1.02 bits per heavy atom. The van der Waals surface area contributed by atoms with Gasteiger partial charge < -0.3 is 9.13 Å². The lowest BCUT2D eigenvalue weighted by atomic mass is 10.1.